The van der Waals surface area contributed by atoms with Gasteiger partial charge in [0.25, 0.3) is 0 Å². The Bertz CT molecular complexity index is 1190. The Morgan fingerprint density at radius 3 is 2.90 bits per heavy atom. The minimum absolute atomic E-state index is 0.118. The quantitative estimate of drug-likeness (QED) is 0.639. The van der Waals surface area contributed by atoms with Gasteiger partial charge in [-0.05, 0) is 25.5 Å². The van der Waals surface area contributed by atoms with Gasteiger partial charge in [-0.3, -0.25) is 4.99 Å². The van der Waals surface area contributed by atoms with Gasteiger partial charge in [-0.1, -0.05) is 23.4 Å². The molecule has 1 fully saturated rings. The Morgan fingerprint density at radius 1 is 1.24 bits per heavy atom. The molecule has 1 saturated carbocycles. The van der Waals surface area contributed by atoms with Gasteiger partial charge in [0.05, 0.1) is 16.1 Å². The summed E-state index contributed by atoms with van der Waals surface area (Å²) in [7, 11) is 0. The summed E-state index contributed by atoms with van der Waals surface area (Å²) in [5, 5.41) is 4.15. The first-order valence-electron chi connectivity index (χ1n) is 8.90. The average Bonchev–Trinajstić information content (AvgIpc) is 3.44. The smallest absolute Gasteiger partial charge is 0.164 e. The fraction of sp³-hybridized carbons (Fsp3) is 0.263. The minimum atomic E-state index is -0.968. The zero-order valence-corrected chi connectivity index (χ0v) is 16.7. The SMILES string of the molecule is C[C@]1(c2cc(Nc3ncnc4cc(Cl)cnc34)cc(F)c2F)N=C(N)S[C@H]2C[C@H]21. The standard InChI is InChI=1S/C19H15ClF2N6S/c1-19(10-5-14(10)29-18(23)28-19)11-3-9(4-12(21)15(11)22)27-17-16-13(25-7-26-17)2-8(20)6-24-16/h2-4,6-7,10,14H,5H2,1H3,(H2,23,28)(H,25,26,27)/t10-,14+,19+/m1/s1. The molecule has 0 saturated heterocycles. The van der Waals surface area contributed by atoms with Crippen molar-refractivity contribution in [3.63, 3.8) is 0 Å². The van der Waals surface area contributed by atoms with Crippen LogP contribution in [0.2, 0.25) is 5.02 Å². The van der Waals surface area contributed by atoms with Crippen molar-refractivity contribution in [2.75, 3.05) is 5.32 Å². The van der Waals surface area contributed by atoms with Crippen LogP contribution in [0.25, 0.3) is 11.0 Å². The highest BCUT2D eigenvalue weighted by atomic mass is 35.5. The number of aromatic nitrogens is 3. The first kappa shape index (κ1) is 18.5. The molecule has 3 heterocycles. The molecule has 5 rings (SSSR count). The number of amidine groups is 1. The topological polar surface area (TPSA) is 89.1 Å². The summed E-state index contributed by atoms with van der Waals surface area (Å²) in [5.41, 5.74) is 6.53. The lowest BCUT2D eigenvalue weighted by molar-refractivity contribution is 0.393. The number of nitrogens with two attached hydrogens (primary N) is 1. The van der Waals surface area contributed by atoms with E-state index in [0.29, 0.717) is 32.7 Å². The van der Waals surface area contributed by atoms with Gasteiger partial charge in [0.1, 0.15) is 11.8 Å². The average molecular weight is 433 g/mol. The first-order valence-corrected chi connectivity index (χ1v) is 10.2. The number of halogens is 3. The number of benzene rings is 1. The van der Waals surface area contributed by atoms with Crippen LogP contribution < -0.4 is 11.1 Å². The van der Waals surface area contributed by atoms with Gasteiger partial charge in [0.2, 0.25) is 0 Å². The van der Waals surface area contributed by atoms with Crippen LogP contribution in [0.1, 0.15) is 18.9 Å². The van der Waals surface area contributed by atoms with E-state index in [1.165, 1.54) is 24.3 Å². The third-order valence-corrected chi connectivity index (χ3v) is 6.71. The third-order valence-electron chi connectivity index (χ3n) is 5.35. The van der Waals surface area contributed by atoms with Crippen LogP contribution in [-0.4, -0.2) is 25.4 Å². The number of pyridine rings is 1. The Balaban J connectivity index is 1.59. The van der Waals surface area contributed by atoms with E-state index in [4.69, 9.17) is 17.3 Å². The molecule has 3 atom stereocenters. The van der Waals surface area contributed by atoms with Crippen molar-refractivity contribution < 1.29 is 8.78 Å². The van der Waals surface area contributed by atoms with Gasteiger partial charge in [-0.2, -0.15) is 0 Å². The predicted molar refractivity (Wildman–Crippen MR) is 110 cm³/mol. The molecular formula is C19H15ClF2N6S. The van der Waals surface area contributed by atoms with Crippen molar-refractivity contribution in [1.82, 2.24) is 15.0 Å². The van der Waals surface area contributed by atoms with E-state index < -0.39 is 17.2 Å². The van der Waals surface area contributed by atoms with Crippen LogP contribution in [-0.2, 0) is 5.54 Å². The molecule has 6 nitrogen and oxygen atoms in total. The van der Waals surface area contributed by atoms with Crippen molar-refractivity contribution in [2.45, 2.75) is 24.1 Å². The normalized spacial score (nSPS) is 25.4. The largest absolute Gasteiger partial charge is 0.379 e. The van der Waals surface area contributed by atoms with Gasteiger partial charge in [-0.25, -0.2) is 23.7 Å². The molecule has 29 heavy (non-hydrogen) atoms. The second-order valence-corrected chi connectivity index (χ2v) is 8.98. The molecular weight excluding hydrogens is 418 g/mol. The van der Waals surface area contributed by atoms with Crippen molar-refractivity contribution in [3.05, 3.63) is 52.9 Å². The fourth-order valence-corrected chi connectivity index (χ4v) is 5.26. The Kier molecular flexibility index (Phi) is 4.15. The van der Waals surface area contributed by atoms with E-state index in [1.54, 1.807) is 19.1 Å². The highest BCUT2D eigenvalue weighted by Gasteiger charge is 2.56. The van der Waals surface area contributed by atoms with E-state index >= 15 is 0 Å². The highest BCUT2D eigenvalue weighted by molar-refractivity contribution is 8.14. The van der Waals surface area contributed by atoms with Crippen molar-refractivity contribution in [3.8, 4) is 0 Å². The lowest BCUT2D eigenvalue weighted by Crippen LogP contribution is -2.32. The number of thioether (sulfide) groups is 1. The fourth-order valence-electron chi connectivity index (χ4n) is 3.82. The van der Waals surface area contributed by atoms with Gasteiger partial charge < -0.3 is 11.1 Å². The van der Waals surface area contributed by atoms with E-state index in [0.717, 1.165) is 12.5 Å². The second-order valence-electron chi connectivity index (χ2n) is 7.28. The number of aliphatic imine (C=N–C) groups is 1. The molecule has 2 aliphatic rings. The van der Waals surface area contributed by atoms with E-state index in [2.05, 4.69) is 25.3 Å². The zero-order chi connectivity index (χ0) is 20.3. The number of hydrogen-bond donors (Lipinski definition) is 2. The second kappa shape index (κ2) is 6.50. The summed E-state index contributed by atoms with van der Waals surface area (Å²) in [5.74, 6) is -1.40. The molecule has 2 aromatic heterocycles. The third kappa shape index (κ3) is 3.08. The van der Waals surface area contributed by atoms with Crippen molar-refractivity contribution in [2.24, 2.45) is 16.6 Å². The van der Waals surface area contributed by atoms with Crippen LogP contribution >= 0.6 is 23.4 Å². The molecule has 1 aliphatic carbocycles. The number of fused-ring (bicyclic) bond motifs is 2. The summed E-state index contributed by atoms with van der Waals surface area (Å²) in [6.45, 7) is 1.80. The number of nitrogens with one attached hydrogen (secondary N) is 1. The molecule has 148 valence electrons. The van der Waals surface area contributed by atoms with Crippen LogP contribution in [0.4, 0.5) is 20.3 Å². The lowest BCUT2D eigenvalue weighted by Gasteiger charge is -2.30. The van der Waals surface area contributed by atoms with Gasteiger partial charge in [-0.15, -0.1) is 0 Å². The van der Waals surface area contributed by atoms with Crippen molar-refractivity contribution in [1.29, 1.82) is 0 Å². The van der Waals surface area contributed by atoms with E-state index in [-0.39, 0.29) is 16.7 Å². The summed E-state index contributed by atoms with van der Waals surface area (Å²) in [6.07, 6.45) is 3.69. The molecule has 3 N–H and O–H groups in total. The summed E-state index contributed by atoms with van der Waals surface area (Å²) >= 11 is 7.45. The number of anilines is 2. The maximum atomic E-state index is 14.8. The summed E-state index contributed by atoms with van der Waals surface area (Å²) in [4.78, 5) is 17.0. The van der Waals surface area contributed by atoms with Gasteiger partial charge >= 0.3 is 0 Å². The lowest BCUT2D eigenvalue weighted by atomic mass is 9.86. The molecule has 0 bridgehead atoms. The Hall–Kier alpha value is -2.52. The molecule has 0 radical (unpaired) electrons. The monoisotopic (exact) mass is 432 g/mol. The molecule has 10 heteroatoms. The highest BCUT2D eigenvalue weighted by Crippen LogP contribution is 2.58. The molecule has 3 aromatic rings. The summed E-state index contributed by atoms with van der Waals surface area (Å²) < 4.78 is 29.3. The summed E-state index contributed by atoms with van der Waals surface area (Å²) in [6, 6.07) is 4.30. The number of hydrogen-bond acceptors (Lipinski definition) is 7. The Labute approximate surface area is 174 Å². The maximum absolute atomic E-state index is 14.8. The molecule has 1 aromatic carbocycles. The molecule has 0 amide bonds. The van der Waals surface area contributed by atoms with E-state index in [1.807, 2.05) is 0 Å². The van der Waals surface area contributed by atoms with Gasteiger partial charge in [0, 0.05) is 34.7 Å². The maximum Gasteiger partial charge on any atom is 0.164 e. The first-order chi connectivity index (χ1) is 13.8. The van der Waals surface area contributed by atoms with Crippen molar-refractivity contribution >= 4 is 51.1 Å². The zero-order valence-electron chi connectivity index (χ0n) is 15.2. The van der Waals surface area contributed by atoms with Crippen LogP contribution in [0.5, 0.6) is 0 Å². The van der Waals surface area contributed by atoms with Crippen LogP contribution in [0.3, 0.4) is 0 Å². The predicted octanol–water partition coefficient (Wildman–Crippen LogP) is 4.37. The number of rotatable bonds is 3. The number of nitrogens with zero attached hydrogens (tertiary/aromatic N) is 4. The molecule has 0 unspecified atom stereocenters. The van der Waals surface area contributed by atoms with Crippen LogP contribution in [0, 0.1) is 17.6 Å². The van der Waals surface area contributed by atoms with Gasteiger partial charge in [0.15, 0.2) is 22.6 Å². The Morgan fingerprint density at radius 2 is 2.07 bits per heavy atom. The molecule has 0 spiro atoms. The minimum Gasteiger partial charge on any atom is -0.379 e. The van der Waals surface area contributed by atoms with E-state index in [9.17, 15) is 8.78 Å². The molecule has 1 aliphatic heterocycles. The van der Waals surface area contributed by atoms with Crippen LogP contribution in [0.15, 0.2) is 35.7 Å².